The topological polar surface area (TPSA) is 95.7 Å². The zero-order valence-electron chi connectivity index (χ0n) is 16.7. The van der Waals surface area contributed by atoms with Crippen molar-refractivity contribution in [2.24, 2.45) is 11.7 Å². The van der Waals surface area contributed by atoms with Crippen molar-refractivity contribution < 1.29 is 14.4 Å². The number of para-hydroxylation sites is 1. The molecule has 152 valence electrons. The van der Waals surface area contributed by atoms with Gasteiger partial charge in [0.15, 0.2) is 0 Å². The van der Waals surface area contributed by atoms with E-state index in [0.717, 1.165) is 37.1 Å². The molecular formula is C21H30N4O3. The number of amides is 3. The predicted octanol–water partition coefficient (Wildman–Crippen LogP) is 1.72. The minimum absolute atomic E-state index is 0.0286. The van der Waals surface area contributed by atoms with Gasteiger partial charge in [-0.15, -0.1) is 0 Å². The third-order valence-corrected chi connectivity index (χ3v) is 5.98. The van der Waals surface area contributed by atoms with Crippen LogP contribution in [0.5, 0.6) is 0 Å². The molecule has 2 aliphatic heterocycles. The Hall–Kier alpha value is -2.41. The summed E-state index contributed by atoms with van der Waals surface area (Å²) in [5.74, 6) is -0.481. The number of fused-ring (bicyclic) bond motifs is 1. The van der Waals surface area contributed by atoms with Gasteiger partial charge in [-0.2, -0.15) is 0 Å². The number of nitrogens with two attached hydrogens (primary N) is 1. The number of nitrogens with one attached hydrogen (secondary N) is 1. The number of carbonyl (C=O) groups excluding carboxylic acids is 3. The zero-order valence-corrected chi connectivity index (χ0v) is 16.7. The van der Waals surface area contributed by atoms with Crippen LogP contribution in [0.2, 0.25) is 0 Å². The first-order chi connectivity index (χ1) is 13.4. The number of likely N-dealkylation sites (tertiary alicyclic amines) is 1. The lowest BCUT2D eigenvalue weighted by Gasteiger charge is -2.36. The fourth-order valence-corrected chi connectivity index (χ4v) is 4.23. The summed E-state index contributed by atoms with van der Waals surface area (Å²) in [7, 11) is 0. The molecule has 7 nitrogen and oxygen atoms in total. The lowest BCUT2D eigenvalue weighted by atomic mass is 9.95. The molecule has 3 atom stereocenters. The normalized spacial score (nSPS) is 23.6. The molecular weight excluding hydrogens is 356 g/mol. The summed E-state index contributed by atoms with van der Waals surface area (Å²) >= 11 is 0. The van der Waals surface area contributed by atoms with E-state index in [1.54, 1.807) is 4.90 Å². The maximum atomic E-state index is 13.6. The van der Waals surface area contributed by atoms with Crippen LogP contribution < -0.4 is 11.1 Å². The Kier molecular flexibility index (Phi) is 6.34. The molecule has 0 spiro atoms. The minimum atomic E-state index is -0.511. The van der Waals surface area contributed by atoms with E-state index in [2.05, 4.69) is 5.32 Å². The van der Waals surface area contributed by atoms with Crippen molar-refractivity contribution in [1.82, 2.24) is 9.80 Å². The average molecular weight is 386 g/mol. The van der Waals surface area contributed by atoms with E-state index in [4.69, 9.17) is 5.73 Å². The number of anilines is 1. The molecule has 2 aliphatic rings. The first kappa shape index (κ1) is 20.3. The van der Waals surface area contributed by atoms with Crippen molar-refractivity contribution >= 4 is 23.4 Å². The van der Waals surface area contributed by atoms with Gasteiger partial charge in [-0.3, -0.25) is 19.3 Å². The third kappa shape index (κ3) is 4.19. The highest BCUT2D eigenvalue weighted by molar-refractivity contribution is 5.99. The van der Waals surface area contributed by atoms with E-state index in [1.165, 1.54) is 0 Å². The zero-order chi connectivity index (χ0) is 20.3. The Labute approximate surface area is 166 Å². The number of primary amides is 1. The first-order valence-electron chi connectivity index (χ1n) is 10.1. The predicted molar refractivity (Wildman–Crippen MR) is 107 cm³/mol. The molecule has 3 N–H and O–H groups in total. The Morgan fingerprint density at radius 1 is 1.32 bits per heavy atom. The van der Waals surface area contributed by atoms with Crippen LogP contribution in [0.15, 0.2) is 24.3 Å². The molecule has 0 aliphatic carbocycles. The molecule has 0 unspecified atom stereocenters. The van der Waals surface area contributed by atoms with Crippen LogP contribution >= 0.6 is 0 Å². The monoisotopic (exact) mass is 386 g/mol. The van der Waals surface area contributed by atoms with Crippen molar-refractivity contribution in [2.45, 2.75) is 58.2 Å². The molecule has 1 aromatic carbocycles. The van der Waals surface area contributed by atoms with Crippen molar-refractivity contribution in [1.29, 1.82) is 0 Å². The van der Waals surface area contributed by atoms with Crippen LogP contribution in [0.25, 0.3) is 0 Å². The Bertz CT molecular complexity index is 751. The third-order valence-electron chi connectivity index (χ3n) is 5.98. The molecule has 1 saturated heterocycles. The van der Waals surface area contributed by atoms with Gasteiger partial charge < -0.3 is 16.0 Å². The number of hydrogen-bond donors (Lipinski definition) is 2. The smallest absolute Gasteiger partial charge is 0.247 e. The second-order valence-electron chi connectivity index (χ2n) is 7.85. The first-order valence-corrected chi connectivity index (χ1v) is 10.1. The molecule has 3 rings (SSSR count). The maximum Gasteiger partial charge on any atom is 0.247 e. The van der Waals surface area contributed by atoms with E-state index in [-0.39, 0.29) is 36.1 Å². The minimum Gasteiger partial charge on any atom is -0.370 e. The second kappa shape index (κ2) is 8.73. The molecule has 2 heterocycles. The fourth-order valence-electron chi connectivity index (χ4n) is 4.23. The Morgan fingerprint density at radius 2 is 2.07 bits per heavy atom. The van der Waals surface area contributed by atoms with E-state index in [9.17, 15) is 14.4 Å². The van der Waals surface area contributed by atoms with Gasteiger partial charge in [-0.1, -0.05) is 38.5 Å². The highest BCUT2D eigenvalue weighted by Gasteiger charge is 2.41. The summed E-state index contributed by atoms with van der Waals surface area (Å²) in [5.41, 5.74) is 7.01. The molecule has 7 heteroatoms. The van der Waals surface area contributed by atoms with Gasteiger partial charge in [-0.05, 0) is 36.9 Å². The summed E-state index contributed by atoms with van der Waals surface area (Å²) in [6, 6.07) is 6.83. The van der Waals surface area contributed by atoms with Crippen LogP contribution in [-0.4, -0.2) is 52.7 Å². The van der Waals surface area contributed by atoms with Crippen LogP contribution in [0, 0.1) is 5.92 Å². The number of carbonyl (C=O) groups is 3. The summed E-state index contributed by atoms with van der Waals surface area (Å²) in [6.45, 7) is 5.71. The van der Waals surface area contributed by atoms with E-state index in [1.807, 2.05) is 43.0 Å². The van der Waals surface area contributed by atoms with E-state index in [0.29, 0.717) is 13.1 Å². The standard InChI is InChI=1S/C21H30N4O3/c1-3-14(2)19-20(27)23-16-8-5-4-7-15(16)13-25(19)21(28)17-9-6-11-24(17)12-10-18(22)26/h4-5,7-8,14,17,19H,3,6,9-13H2,1-2H3,(H2,22,26)(H,23,27)/t14-,17+,19-/m0/s1. The molecule has 1 aromatic rings. The highest BCUT2D eigenvalue weighted by atomic mass is 16.2. The van der Waals surface area contributed by atoms with Crippen molar-refractivity contribution in [3.05, 3.63) is 29.8 Å². The molecule has 28 heavy (non-hydrogen) atoms. The molecule has 0 aromatic heterocycles. The van der Waals surface area contributed by atoms with E-state index >= 15 is 0 Å². The summed E-state index contributed by atoms with van der Waals surface area (Å²) in [5, 5.41) is 3.01. The summed E-state index contributed by atoms with van der Waals surface area (Å²) in [6.07, 6.45) is 2.68. The van der Waals surface area contributed by atoms with Crippen LogP contribution in [0.1, 0.15) is 45.1 Å². The number of nitrogens with zero attached hydrogens (tertiary/aromatic N) is 2. The molecule has 0 radical (unpaired) electrons. The quantitative estimate of drug-likeness (QED) is 0.778. The second-order valence-corrected chi connectivity index (χ2v) is 7.85. The SMILES string of the molecule is CC[C@H](C)[C@H]1C(=O)Nc2ccccc2CN1C(=O)[C@H]1CCCN1CCC(N)=O. The van der Waals surface area contributed by atoms with Crippen LogP contribution in [-0.2, 0) is 20.9 Å². The highest BCUT2D eigenvalue weighted by Crippen LogP contribution is 2.30. The van der Waals surface area contributed by atoms with Gasteiger partial charge in [0, 0.05) is 25.2 Å². The van der Waals surface area contributed by atoms with Gasteiger partial charge in [0.2, 0.25) is 17.7 Å². The molecule has 0 bridgehead atoms. The van der Waals surface area contributed by atoms with Crippen LogP contribution in [0.3, 0.4) is 0 Å². The summed E-state index contributed by atoms with van der Waals surface area (Å²) < 4.78 is 0. The molecule has 1 fully saturated rings. The van der Waals surface area contributed by atoms with Gasteiger partial charge in [0.05, 0.1) is 6.04 Å². The van der Waals surface area contributed by atoms with Gasteiger partial charge in [-0.25, -0.2) is 0 Å². The number of benzene rings is 1. The number of rotatable bonds is 6. The average Bonchev–Trinajstić information content (AvgIpc) is 3.08. The van der Waals surface area contributed by atoms with Crippen LogP contribution in [0.4, 0.5) is 5.69 Å². The maximum absolute atomic E-state index is 13.6. The largest absolute Gasteiger partial charge is 0.370 e. The van der Waals surface area contributed by atoms with Gasteiger partial charge >= 0.3 is 0 Å². The Balaban J connectivity index is 1.89. The van der Waals surface area contributed by atoms with Gasteiger partial charge in [0.25, 0.3) is 0 Å². The van der Waals surface area contributed by atoms with E-state index < -0.39 is 6.04 Å². The number of hydrogen-bond acceptors (Lipinski definition) is 4. The summed E-state index contributed by atoms with van der Waals surface area (Å²) in [4.78, 5) is 41.6. The lowest BCUT2D eigenvalue weighted by Crippen LogP contribution is -2.54. The van der Waals surface area contributed by atoms with Crippen molar-refractivity contribution in [2.75, 3.05) is 18.4 Å². The Morgan fingerprint density at radius 3 is 2.79 bits per heavy atom. The van der Waals surface area contributed by atoms with Crippen molar-refractivity contribution in [3.8, 4) is 0 Å². The fraction of sp³-hybridized carbons (Fsp3) is 0.571. The molecule has 0 saturated carbocycles. The molecule has 3 amide bonds. The van der Waals surface area contributed by atoms with Gasteiger partial charge in [0.1, 0.15) is 6.04 Å². The lowest BCUT2D eigenvalue weighted by molar-refractivity contribution is -0.145. The van der Waals surface area contributed by atoms with Crippen molar-refractivity contribution in [3.63, 3.8) is 0 Å².